The molecular formula is C21H19N. The minimum Gasteiger partial charge on any atom is -0.256 e. The monoisotopic (exact) mass is 285 g/mol. The van der Waals surface area contributed by atoms with E-state index in [0.717, 1.165) is 16.8 Å². The van der Waals surface area contributed by atoms with Crippen molar-refractivity contribution in [3.8, 4) is 22.4 Å². The van der Waals surface area contributed by atoms with Crippen LogP contribution in [0.3, 0.4) is 0 Å². The maximum absolute atomic E-state index is 4.55. The molecule has 1 heteroatoms. The van der Waals surface area contributed by atoms with Gasteiger partial charge in [0.1, 0.15) is 0 Å². The van der Waals surface area contributed by atoms with Gasteiger partial charge in [-0.2, -0.15) is 0 Å². The molecule has 0 unspecified atom stereocenters. The summed E-state index contributed by atoms with van der Waals surface area (Å²) in [6.45, 7) is 8.34. The Morgan fingerprint density at radius 1 is 0.909 bits per heavy atom. The lowest BCUT2D eigenvalue weighted by Gasteiger charge is -2.16. The van der Waals surface area contributed by atoms with Crippen molar-refractivity contribution in [2.75, 3.05) is 0 Å². The Morgan fingerprint density at radius 2 is 1.64 bits per heavy atom. The smallest absolute Gasteiger partial charge is 0.0710 e. The van der Waals surface area contributed by atoms with Gasteiger partial charge in [0.25, 0.3) is 0 Å². The van der Waals surface area contributed by atoms with E-state index in [-0.39, 0.29) is 0 Å². The van der Waals surface area contributed by atoms with Gasteiger partial charge in [-0.15, -0.1) is 0 Å². The van der Waals surface area contributed by atoms with Crippen LogP contribution in [0.4, 0.5) is 0 Å². The molecule has 0 bridgehead atoms. The minimum absolute atomic E-state index is 0.996. The minimum atomic E-state index is 0.996. The van der Waals surface area contributed by atoms with Crippen LogP contribution in [0.5, 0.6) is 0 Å². The first kappa shape index (κ1) is 14.3. The molecule has 0 radical (unpaired) electrons. The van der Waals surface area contributed by atoms with Gasteiger partial charge in [-0.05, 0) is 48.2 Å². The second kappa shape index (κ2) is 5.98. The molecule has 2 aromatic carbocycles. The molecule has 0 fully saturated rings. The van der Waals surface area contributed by atoms with Gasteiger partial charge in [0.15, 0.2) is 0 Å². The lowest BCUT2D eigenvalue weighted by atomic mass is 9.89. The van der Waals surface area contributed by atoms with Crippen LogP contribution in [0.2, 0.25) is 0 Å². The topological polar surface area (TPSA) is 12.9 Å². The third kappa shape index (κ3) is 2.58. The van der Waals surface area contributed by atoms with Crippen LogP contribution in [0.25, 0.3) is 28.0 Å². The maximum atomic E-state index is 4.55. The first-order valence-corrected chi connectivity index (χ1v) is 7.45. The fourth-order valence-corrected chi connectivity index (χ4v) is 2.84. The number of benzene rings is 2. The van der Waals surface area contributed by atoms with E-state index in [0.29, 0.717) is 0 Å². The lowest BCUT2D eigenvalue weighted by molar-refractivity contribution is 1.30. The number of nitrogens with zero attached hydrogens (tertiary/aromatic N) is 1. The van der Waals surface area contributed by atoms with E-state index in [9.17, 15) is 0 Å². The second-order valence-corrected chi connectivity index (χ2v) is 5.52. The zero-order valence-corrected chi connectivity index (χ0v) is 13.0. The molecule has 0 atom stereocenters. The van der Waals surface area contributed by atoms with Gasteiger partial charge in [-0.25, -0.2) is 0 Å². The van der Waals surface area contributed by atoms with E-state index in [2.05, 4.69) is 61.0 Å². The molecule has 1 aromatic heterocycles. The van der Waals surface area contributed by atoms with Crippen molar-refractivity contribution in [2.24, 2.45) is 0 Å². The Kier molecular flexibility index (Phi) is 3.88. The summed E-state index contributed by atoms with van der Waals surface area (Å²) >= 11 is 0. The summed E-state index contributed by atoms with van der Waals surface area (Å²) in [4.78, 5) is 4.55. The van der Waals surface area contributed by atoms with Crippen LogP contribution < -0.4 is 0 Å². The maximum Gasteiger partial charge on any atom is 0.0710 e. The number of hydrogen-bond acceptors (Lipinski definition) is 1. The Labute approximate surface area is 132 Å². The molecule has 22 heavy (non-hydrogen) atoms. The van der Waals surface area contributed by atoms with Gasteiger partial charge in [0.05, 0.1) is 5.69 Å². The molecule has 1 heterocycles. The summed E-state index contributed by atoms with van der Waals surface area (Å²) in [5.74, 6) is 0. The van der Waals surface area contributed by atoms with Gasteiger partial charge in [0, 0.05) is 11.8 Å². The fraction of sp³-hybridized carbons (Fsp3) is 0.0952. The Morgan fingerprint density at radius 3 is 2.27 bits per heavy atom. The van der Waals surface area contributed by atoms with Crippen molar-refractivity contribution in [1.29, 1.82) is 0 Å². The summed E-state index contributed by atoms with van der Waals surface area (Å²) < 4.78 is 0. The van der Waals surface area contributed by atoms with Crippen molar-refractivity contribution in [1.82, 2.24) is 4.98 Å². The first-order chi connectivity index (χ1) is 10.7. The first-order valence-electron chi connectivity index (χ1n) is 7.45. The summed E-state index contributed by atoms with van der Waals surface area (Å²) in [6.07, 6.45) is 1.84. The molecule has 0 amide bonds. The number of allylic oxidation sites excluding steroid dienone is 1. The van der Waals surface area contributed by atoms with Crippen LogP contribution in [-0.2, 0) is 0 Å². The number of hydrogen-bond donors (Lipinski definition) is 0. The highest BCUT2D eigenvalue weighted by atomic mass is 14.7. The molecule has 0 N–H and O–H groups in total. The molecular weight excluding hydrogens is 266 g/mol. The Bertz CT molecular complexity index is 802. The summed E-state index contributed by atoms with van der Waals surface area (Å²) in [6, 6.07) is 20.8. The third-order valence-corrected chi connectivity index (χ3v) is 3.93. The average Bonchev–Trinajstić information content (AvgIpc) is 2.56. The van der Waals surface area contributed by atoms with Crippen molar-refractivity contribution >= 4 is 5.57 Å². The number of aromatic nitrogens is 1. The molecule has 3 aromatic rings. The molecule has 0 aliphatic rings. The molecule has 0 spiro atoms. The van der Waals surface area contributed by atoms with Crippen LogP contribution in [-0.4, -0.2) is 4.98 Å². The van der Waals surface area contributed by atoms with E-state index in [4.69, 9.17) is 0 Å². The quantitative estimate of drug-likeness (QED) is 0.596. The van der Waals surface area contributed by atoms with Gasteiger partial charge in [-0.3, -0.25) is 4.98 Å². The van der Waals surface area contributed by atoms with Crippen molar-refractivity contribution in [3.63, 3.8) is 0 Å². The van der Waals surface area contributed by atoms with E-state index in [1.165, 1.54) is 22.3 Å². The van der Waals surface area contributed by atoms with E-state index in [1.54, 1.807) is 0 Å². The van der Waals surface area contributed by atoms with Crippen LogP contribution in [0, 0.1) is 6.92 Å². The largest absolute Gasteiger partial charge is 0.256 e. The highest BCUT2D eigenvalue weighted by molar-refractivity contribution is 5.86. The second-order valence-electron chi connectivity index (χ2n) is 5.52. The SMILES string of the molecule is C=C(C)c1ccc(-c2ccccc2)c(C)c1-c1ccccn1. The molecule has 1 nitrogen and oxygen atoms in total. The van der Waals surface area contributed by atoms with Gasteiger partial charge in [0.2, 0.25) is 0 Å². The molecule has 0 saturated heterocycles. The number of pyridine rings is 1. The molecule has 0 saturated carbocycles. The van der Waals surface area contributed by atoms with E-state index < -0.39 is 0 Å². The Balaban J connectivity index is 2.28. The lowest BCUT2D eigenvalue weighted by Crippen LogP contribution is -1.95. The predicted octanol–water partition coefficient (Wildman–Crippen LogP) is 5.76. The zero-order valence-electron chi connectivity index (χ0n) is 13.0. The molecule has 0 aliphatic carbocycles. The van der Waals surface area contributed by atoms with Crippen molar-refractivity contribution < 1.29 is 0 Å². The zero-order chi connectivity index (χ0) is 15.5. The highest BCUT2D eigenvalue weighted by Gasteiger charge is 2.14. The molecule has 0 aliphatic heterocycles. The van der Waals surface area contributed by atoms with E-state index in [1.807, 2.05) is 31.3 Å². The highest BCUT2D eigenvalue weighted by Crippen LogP contribution is 2.36. The summed E-state index contributed by atoms with van der Waals surface area (Å²) in [5, 5.41) is 0. The van der Waals surface area contributed by atoms with Gasteiger partial charge in [-0.1, -0.05) is 60.7 Å². The van der Waals surface area contributed by atoms with Gasteiger partial charge >= 0.3 is 0 Å². The summed E-state index contributed by atoms with van der Waals surface area (Å²) in [5.41, 5.74) is 8.10. The van der Waals surface area contributed by atoms with Crippen molar-refractivity contribution in [3.05, 3.63) is 84.6 Å². The van der Waals surface area contributed by atoms with E-state index >= 15 is 0 Å². The normalized spacial score (nSPS) is 10.5. The van der Waals surface area contributed by atoms with Crippen LogP contribution in [0.15, 0.2) is 73.4 Å². The van der Waals surface area contributed by atoms with Crippen molar-refractivity contribution in [2.45, 2.75) is 13.8 Å². The molecule has 3 rings (SSSR count). The summed E-state index contributed by atoms with van der Waals surface area (Å²) in [7, 11) is 0. The molecule has 108 valence electrons. The standard InChI is InChI=1S/C21H19N/c1-15(2)18-12-13-19(17-9-5-4-6-10-17)16(3)21(18)20-11-7-8-14-22-20/h4-14H,1H2,2-3H3. The predicted molar refractivity (Wildman–Crippen MR) is 94.6 cm³/mol. The van der Waals surface area contributed by atoms with Crippen LogP contribution in [0.1, 0.15) is 18.1 Å². The Hall–Kier alpha value is -2.67. The third-order valence-electron chi connectivity index (χ3n) is 3.93. The van der Waals surface area contributed by atoms with Crippen LogP contribution >= 0.6 is 0 Å². The van der Waals surface area contributed by atoms with Gasteiger partial charge < -0.3 is 0 Å². The fourth-order valence-electron chi connectivity index (χ4n) is 2.84. The number of rotatable bonds is 3. The average molecular weight is 285 g/mol.